The molecule has 0 aliphatic rings. The Kier molecular flexibility index (Phi) is 5.22. The minimum absolute atomic E-state index is 0.0284. The fourth-order valence-electron chi connectivity index (χ4n) is 2.25. The zero-order chi connectivity index (χ0) is 14.7. The summed E-state index contributed by atoms with van der Waals surface area (Å²) >= 11 is 8.25. The van der Waals surface area contributed by atoms with E-state index >= 15 is 0 Å². The molecule has 2 aromatic rings. The van der Waals surface area contributed by atoms with Gasteiger partial charge in [-0.05, 0) is 70.8 Å². The topological polar surface area (TPSA) is 17.1 Å². The Balaban J connectivity index is 2.40. The van der Waals surface area contributed by atoms with Crippen molar-refractivity contribution in [2.45, 2.75) is 26.7 Å². The van der Waals surface area contributed by atoms with E-state index in [0.29, 0.717) is 10.6 Å². The van der Waals surface area contributed by atoms with Gasteiger partial charge in [-0.2, -0.15) is 0 Å². The smallest absolute Gasteiger partial charge is 0.193 e. The molecule has 0 unspecified atom stereocenters. The molecule has 0 N–H and O–H groups in total. The first-order chi connectivity index (χ1) is 9.56. The number of halogens is 2. The molecule has 0 fully saturated rings. The van der Waals surface area contributed by atoms with Crippen molar-refractivity contribution < 1.29 is 4.79 Å². The molecule has 0 aliphatic heterocycles. The maximum Gasteiger partial charge on any atom is 0.193 e. The summed E-state index contributed by atoms with van der Waals surface area (Å²) in [6.07, 6.45) is 1.94. The summed E-state index contributed by atoms with van der Waals surface area (Å²) in [4.78, 5) is 12.5. The lowest BCUT2D eigenvalue weighted by Crippen LogP contribution is -2.03. The summed E-state index contributed by atoms with van der Waals surface area (Å²) in [5.74, 6) is 0.0284. The van der Waals surface area contributed by atoms with E-state index in [1.807, 2.05) is 24.3 Å². The third-order valence-electron chi connectivity index (χ3n) is 3.41. The summed E-state index contributed by atoms with van der Waals surface area (Å²) in [6, 6.07) is 11.4. The molecule has 3 heteroatoms. The minimum Gasteiger partial charge on any atom is -0.289 e. The molecule has 0 heterocycles. The summed E-state index contributed by atoms with van der Waals surface area (Å²) in [5, 5.41) is 0.623. The monoisotopic (exact) mass is 398 g/mol. The van der Waals surface area contributed by atoms with Gasteiger partial charge in [0.25, 0.3) is 0 Å². The second-order valence-corrected chi connectivity index (χ2v) is 6.22. The van der Waals surface area contributed by atoms with Gasteiger partial charge in [-0.3, -0.25) is 4.79 Å². The maximum absolute atomic E-state index is 12.5. The highest BCUT2D eigenvalue weighted by Gasteiger charge is 2.12. The molecule has 20 heavy (non-hydrogen) atoms. The first kappa shape index (κ1) is 15.5. The van der Waals surface area contributed by atoms with E-state index < -0.39 is 0 Å². The van der Waals surface area contributed by atoms with Gasteiger partial charge in [-0.25, -0.2) is 0 Å². The molecule has 0 aliphatic carbocycles. The number of ketones is 1. The van der Waals surface area contributed by atoms with Crippen LogP contribution in [0.3, 0.4) is 0 Å². The Labute approximate surface area is 138 Å². The van der Waals surface area contributed by atoms with Crippen LogP contribution in [0.2, 0.25) is 5.02 Å². The fourth-order valence-corrected chi connectivity index (χ4v) is 2.76. The summed E-state index contributed by atoms with van der Waals surface area (Å²) in [6.45, 7) is 4.25. The number of rotatable bonds is 4. The molecule has 2 aromatic carbocycles. The molecule has 0 saturated carbocycles. The highest BCUT2D eigenvalue weighted by Crippen LogP contribution is 2.22. The molecule has 1 nitrogen and oxygen atoms in total. The Hall–Kier alpha value is -0.870. The maximum atomic E-state index is 12.5. The largest absolute Gasteiger partial charge is 0.289 e. The average Bonchev–Trinajstić information content (AvgIpc) is 2.48. The SMILES string of the molecule is CCc1ccc(C(=O)c2ccc(I)c(Cl)c2)cc1CC. The van der Waals surface area contributed by atoms with Crippen molar-refractivity contribution in [3.8, 4) is 0 Å². The molecule has 0 spiro atoms. The normalized spacial score (nSPS) is 10.6. The Morgan fingerprint density at radius 2 is 1.60 bits per heavy atom. The van der Waals surface area contributed by atoms with Crippen LogP contribution in [0, 0.1) is 3.57 Å². The van der Waals surface area contributed by atoms with E-state index in [1.54, 1.807) is 6.07 Å². The van der Waals surface area contributed by atoms with Gasteiger partial charge in [0.1, 0.15) is 0 Å². The standard InChI is InChI=1S/C17H16ClIO/c1-3-11-5-6-13(9-12(11)4-2)17(20)14-7-8-16(19)15(18)10-14/h5-10H,3-4H2,1-2H3. The minimum atomic E-state index is 0.0284. The van der Waals surface area contributed by atoms with Crippen LogP contribution in [0.15, 0.2) is 36.4 Å². The molecule has 0 aromatic heterocycles. The summed E-state index contributed by atoms with van der Waals surface area (Å²) < 4.78 is 0.955. The van der Waals surface area contributed by atoms with Gasteiger partial charge in [0.15, 0.2) is 5.78 Å². The molecular formula is C17H16ClIO. The van der Waals surface area contributed by atoms with Gasteiger partial charge in [0, 0.05) is 14.7 Å². The van der Waals surface area contributed by atoms with Crippen LogP contribution in [-0.2, 0) is 12.8 Å². The van der Waals surface area contributed by atoms with Crippen LogP contribution < -0.4 is 0 Å². The van der Waals surface area contributed by atoms with E-state index in [4.69, 9.17) is 11.6 Å². The van der Waals surface area contributed by atoms with Gasteiger partial charge < -0.3 is 0 Å². The zero-order valence-corrected chi connectivity index (χ0v) is 14.5. The Morgan fingerprint density at radius 1 is 1.00 bits per heavy atom. The van der Waals surface area contributed by atoms with Crippen LogP contribution in [0.5, 0.6) is 0 Å². The van der Waals surface area contributed by atoms with Gasteiger partial charge >= 0.3 is 0 Å². The van der Waals surface area contributed by atoms with Crippen molar-refractivity contribution in [2.24, 2.45) is 0 Å². The van der Waals surface area contributed by atoms with Crippen LogP contribution in [0.4, 0.5) is 0 Å². The molecule has 0 atom stereocenters. The number of benzene rings is 2. The predicted octanol–water partition coefficient (Wildman–Crippen LogP) is 5.30. The van der Waals surface area contributed by atoms with Crippen molar-refractivity contribution in [2.75, 3.05) is 0 Å². The van der Waals surface area contributed by atoms with Crippen molar-refractivity contribution >= 4 is 40.0 Å². The van der Waals surface area contributed by atoms with Crippen molar-refractivity contribution in [1.29, 1.82) is 0 Å². The van der Waals surface area contributed by atoms with Gasteiger partial charge in [-0.1, -0.05) is 37.6 Å². The number of carbonyl (C=O) groups is 1. The molecular weight excluding hydrogens is 383 g/mol. The van der Waals surface area contributed by atoms with Crippen molar-refractivity contribution in [3.05, 3.63) is 67.2 Å². The van der Waals surface area contributed by atoms with Crippen LogP contribution in [-0.4, -0.2) is 5.78 Å². The lowest BCUT2D eigenvalue weighted by molar-refractivity contribution is 0.103. The van der Waals surface area contributed by atoms with E-state index in [9.17, 15) is 4.79 Å². The Bertz CT molecular complexity index is 649. The van der Waals surface area contributed by atoms with Gasteiger partial charge in [-0.15, -0.1) is 0 Å². The summed E-state index contributed by atoms with van der Waals surface area (Å²) in [7, 11) is 0. The first-order valence-corrected chi connectivity index (χ1v) is 8.14. The van der Waals surface area contributed by atoms with Gasteiger partial charge in [0.2, 0.25) is 0 Å². The molecule has 0 saturated heterocycles. The predicted molar refractivity (Wildman–Crippen MR) is 92.8 cm³/mol. The molecule has 104 valence electrons. The average molecular weight is 399 g/mol. The van der Waals surface area contributed by atoms with Crippen LogP contribution in [0.1, 0.15) is 40.9 Å². The molecule has 2 rings (SSSR count). The number of carbonyl (C=O) groups excluding carboxylic acids is 1. The number of hydrogen-bond acceptors (Lipinski definition) is 1. The second-order valence-electron chi connectivity index (χ2n) is 4.65. The van der Waals surface area contributed by atoms with Gasteiger partial charge in [0.05, 0.1) is 5.02 Å². The van der Waals surface area contributed by atoms with Crippen LogP contribution >= 0.6 is 34.2 Å². The fraction of sp³-hybridized carbons (Fsp3) is 0.235. The number of aryl methyl sites for hydroxylation is 2. The van der Waals surface area contributed by atoms with E-state index in [0.717, 1.165) is 22.0 Å². The quantitative estimate of drug-likeness (QED) is 0.504. The third kappa shape index (κ3) is 3.23. The molecule has 0 radical (unpaired) electrons. The first-order valence-electron chi connectivity index (χ1n) is 6.68. The number of hydrogen-bond donors (Lipinski definition) is 0. The van der Waals surface area contributed by atoms with E-state index in [1.165, 1.54) is 11.1 Å². The van der Waals surface area contributed by atoms with Crippen molar-refractivity contribution in [1.82, 2.24) is 0 Å². The lowest BCUT2D eigenvalue weighted by atomic mass is 9.96. The highest BCUT2D eigenvalue weighted by molar-refractivity contribution is 14.1. The third-order valence-corrected chi connectivity index (χ3v) is 4.98. The molecule has 0 amide bonds. The van der Waals surface area contributed by atoms with E-state index in [-0.39, 0.29) is 5.78 Å². The van der Waals surface area contributed by atoms with Crippen molar-refractivity contribution in [3.63, 3.8) is 0 Å². The summed E-state index contributed by atoms with van der Waals surface area (Å²) in [5.41, 5.74) is 3.93. The zero-order valence-electron chi connectivity index (χ0n) is 11.5. The molecule has 0 bridgehead atoms. The Morgan fingerprint density at radius 3 is 2.20 bits per heavy atom. The second kappa shape index (κ2) is 6.72. The van der Waals surface area contributed by atoms with E-state index in [2.05, 4.69) is 42.5 Å². The highest BCUT2D eigenvalue weighted by atomic mass is 127. The van der Waals surface area contributed by atoms with Crippen LogP contribution in [0.25, 0.3) is 0 Å². The lowest BCUT2D eigenvalue weighted by Gasteiger charge is -2.09.